The standard InChI is InChI=1S/C29H31NO3/c1-18-15-24-25(29(4,5)14-13-28(24,2)3)17-23(18)26(32)19-9-11-20(12-10-19)27(33)30-21-7-6-8-22(31)16-21/h6-12,15-17,31H,13-14H2,1-5H3,(H,30,33). The van der Waals surface area contributed by atoms with E-state index in [9.17, 15) is 14.7 Å². The average molecular weight is 442 g/mol. The number of benzene rings is 3. The van der Waals surface area contributed by atoms with E-state index >= 15 is 0 Å². The molecule has 0 atom stereocenters. The van der Waals surface area contributed by atoms with Gasteiger partial charge in [0.2, 0.25) is 0 Å². The van der Waals surface area contributed by atoms with E-state index in [2.05, 4.69) is 45.1 Å². The molecule has 4 heteroatoms. The summed E-state index contributed by atoms with van der Waals surface area (Å²) in [6.07, 6.45) is 2.22. The van der Waals surface area contributed by atoms with Gasteiger partial charge >= 0.3 is 0 Å². The minimum atomic E-state index is -0.298. The molecule has 33 heavy (non-hydrogen) atoms. The molecule has 3 aromatic carbocycles. The van der Waals surface area contributed by atoms with E-state index in [1.165, 1.54) is 17.2 Å². The number of phenols is 1. The van der Waals surface area contributed by atoms with Crippen LogP contribution in [-0.2, 0) is 10.8 Å². The third-order valence-electron chi connectivity index (χ3n) is 6.96. The van der Waals surface area contributed by atoms with Crippen LogP contribution in [0, 0.1) is 6.92 Å². The number of phenolic OH excluding ortho intramolecular Hbond substituents is 1. The largest absolute Gasteiger partial charge is 0.508 e. The average Bonchev–Trinajstić information content (AvgIpc) is 2.76. The van der Waals surface area contributed by atoms with Crippen LogP contribution in [0.15, 0.2) is 60.7 Å². The van der Waals surface area contributed by atoms with Gasteiger partial charge < -0.3 is 10.4 Å². The van der Waals surface area contributed by atoms with Crippen molar-refractivity contribution in [2.24, 2.45) is 0 Å². The summed E-state index contributed by atoms with van der Waals surface area (Å²) in [7, 11) is 0. The Bertz CT molecular complexity index is 1240. The summed E-state index contributed by atoms with van der Waals surface area (Å²) in [6, 6.07) is 17.4. The number of fused-ring (bicyclic) bond motifs is 1. The Labute approximate surface area is 195 Å². The number of aryl methyl sites for hydroxylation is 1. The Balaban J connectivity index is 1.61. The molecule has 0 saturated heterocycles. The highest BCUT2D eigenvalue weighted by atomic mass is 16.3. The Kier molecular flexibility index (Phi) is 5.65. The van der Waals surface area contributed by atoms with Crippen LogP contribution in [0.1, 0.15) is 83.5 Å². The Hall–Kier alpha value is -3.40. The molecular formula is C29H31NO3. The molecule has 4 rings (SSSR count). The van der Waals surface area contributed by atoms with Gasteiger partial charge in [-0.25, -0.2) is 0 Å². The monoisotopic (exact) mass is 441 g/mol. The molecular weight excluding hydrogens is 410 g/mol. The zero-order valence-corrected chi connectivity index (χ0v) is 20.0. The van der Waals surface area contributed by atoms with Gasteiger partial charge in [0.05, 0.1) is 0 Å². The third kappa shape index (κ3) is 4.43. The topological polar surface area (TPSA) is 66.4 Å². The van der Waals surface area contributed by atoms with Crippen molar-refractivity contribution in [1.29, 1.82) is 0 Å². The molecule has 2 N–H and O–H groups in total. The second-order valence-corrected chi connectivity index (χ2v) is 10.4. The molecule has 0 bridgehead atoms. The summed E-state index contributed by atoms with van der Waals surface area (Å²) in [5, 5.41) is 12.3. The summed E-state index contributed by atoms with van der Waals surface area (Å²) in [5.74, 6) is -0.247. The zero-order chi connectivity index (χ0) is 24.0. The molecule has 0 spiro atoms. The number of amides is 1. The first-order valence-electron chi connectivity index (χ1n) is 11.4. The lowest BCUT2D eigenvalue weighted by Crippen LogP contribution is -2.34. The molecule has 0 saturated carbocycles. The third-order valence-corrected chi connectivity index (χ3v) is 6.96. The normalized spacial score (nSPS) is 16.0. The lowest BCUT2D eigenvalue weighted by molar-refractivity contribution is 0.101. The van der Waals surface area contributed by atoms with E-state index in [0.717, 1.165) is 24.0 Å². The molecule has 1 amide bonds. The van der Waals surface area contributed by atoms with Crippen LogP contribution in [-0.4, -0.2) is 16.8 Å². The first-order valence-corrected chi connectivity index (χ1v) is 11.4. The summed E-state index contributed by atoms with van der Waals surface area (Å²) >= 11 is 0. The van der Waals surface area contributed by atoms with Crippen LogP contribution in [0.2, 0.25) is 0 Å². The predicted molar refractivity (Wildman–Crippen MR) is 132 cm³/mol. The lowest BCUT2D eigenvalue weighted by Gasteiger charge is -2.42. The van der Waals surface area contributed by atoms with Crippen molar-refractivity contribution >= 4 is 17.4 Å². The molecule has 4 nitrogen and oxygen atoms in total. The highest BCUT2D eigenvalue weighted by Gasteiger charge is 2.37. The molecule has 1 aliphatic carbocycles. The van der Waals surface area contributed by atoms with Crippen LogP contribution < -0.4 is 5.32 Å². The van der Waals surface area contributed by atoms with Gasteiger partial charge in [-0.1, -0.05) is 52.0 Å². The van der Waals surface area contributed by atoms with E-state index in [4.69, 9.17) is 0 Å². The Morgan fingerprint density at radius 2 is 1.39 bits per heavy atom. The van der Waals surface area contributed by atoms with Crippen LogP contribution >= 0.6 is 0 Å². The number of carbonyl (C=O) groups excluding carboxylic acids is 2. The second-order valence-electron chi connectivity index (χ2n) is 10.4. The van der Waals surface area contributed by atoms with Gasteiger partial charge in [0, 0.05) is 28.4 Å². The number of hydrogen-bond acceptors (Lipinski definition) is 3. The maximum absolute atomic E-state index is 13.4. The van der Waals surface area contributed by atoms with Crippen molar-refractivity contribution in [2.75, 3.05) is 5.32 Å². The fourth-order valence-corrected chi connectivity index (χ4v) is 4.68. The fraction of sp³-hybridized carbons (Fsp3) is 0.310. The molecule has 170 valence electrons. The number of ketones is 1. The summed E-state index contributed by atoms with van der Waals surface area (Å²) in [4.78, 5) is 26.0. The van der Waals surface area contributed by atoms with Crippen LogP contribution in [0.5, 0.6) is 5.75 Å². The predicted octanol–water partition coefficient (Wildman–Crippen LogP) is 6.53. The van der Waals surface area contributed by atoms with Gasteiger partial charge in [0.1, 0.15) is 5.75 Å². The van der Waals surface area contributed by atoms with E-state index in [1.807, 2.05) is 6.92 Å². The maximum Gasteiger partial charge on any atom is 0.255 e. The summed E-state index contributed by atoms with van der Waals surface area (Å²) in [5.41, 5.74) is 5.94. The van der Waals surface area contributed by atoms with Gasteiger partial charge in [0.25, 0.3) is 5.91 Å². The minimum absolute atomic E-state index is 0.0292. The van der Waals surface area contributed by atoms with E-state index in [0.29, 0.717) is 16.8 Å². The molecule has 0 heterocycles. The Morgan fingerprint density at radius 1 is 0.818 bits per heavy atom. The van der Waals surface area contributed by atoms with Gasteiger partial charge in [-0.05, 0) is 77.6 Å². The van der Waals surface area contributed by atoms with E-state index < -0.39 is 0 Å². The first-order chi connectivity index (χ1) is 15.5. The quantitative estimate of drug-likeness (QED) is 0.452. The summed E-state index contributed by atoms with van der Waals surface area (Å²) in [6.45, 7) is 11.1. The molecule has 0 radical (unpaired) electrons. The second kappa shape index (κ2) is 8.18. The summed E-state index contributed by atoms with van der Waals surface area (Å²) < 4.78 is 0. The van der Waals surface area contributed by atoms with Crippen molar-refractivity contribution in [2.45, 2.75) is 58.3 Å². The first kappa shape index (κ1) is 22.8. The number of carbonyl (C=O) groups is 2. The van der Waals surface area contributed by atoms with Gasteiger partial charge in [-0.3, -0.25) is 9.59 Å². The molecule has 0 aliphatic heterocycles. The van der Waals surface area contributed by atoms with Crippen molar-refractivity contribution in [1.82, 2.24) is 0 Å². The maximum atomic E-state index is 13.4. The number of aromatic hydroxyl groups is 1. The van der Waals surface area contributed by atoms with Gasteiger partial charge in [-0.15, -0.1) is 0 Å². The fourth-order valence-electron chi connectivity index (χ4n) is 4.68. The van der Waals surface area contributed by atoms with Crippen molar-refractivity contribution in [3.05, 3.63) is 94.0 Å². The SMILES string of the molecule is Cc1cc2c(cc1C(=O)c1ccc(C(=O)Nc3cccc(O)c3)cc1)C(C)(C)CCC2(C)C. The van der Waals surface area contributed by atoms with Crippen LogP contribution in [0.3, 0.4) is 0 Å². The van der Waals surface area contributed by atoms with Crippen molar-refractivity contribution < 1.29 is 14.7 Å². The van der Waals surface area contributed by atoms with Crippen molar-refractivity contribution in [3.8, 4) is 5.75 Å². The molecule has 1 aliphatic rings. The van der Waals surface area contributed by atoms with Crippen LogP contribution in [0.4, 0.5) is 5.69 Å². The highest BCUT2D eigenvalue weighted by Crippen LogP contribution is 2.46. The van der Waals surface area contributed by atoms with Crippen LogP contribution in [0.25, 0.3) is 0 Å². The highest BCUT2D eigenvalue weighted by molar-refractivity contribution is 6.11. The smallest absolute Gasteiger partial charge is 0.255 e. The van der Waals surface area contributed by atoms with Gasteiger partial charge in [0.15, 0.2) is 5.78 Å². The zero-order valence-electron chi connectivity index (χ0n) is 20.0. The number of nitrogens with one attached hydrogen (secondary N) is 1. The number of hydrogen-bond donors (Lipinski definition) is 2. The van der Waals surface area contributed by atoms with Crippen molar-refractivity contribution in [3.63, 3.8) is 0 Å². The van der Waals surface area contributed by atoms with E-state index in [-0.39, 0.29) is 28.3 Å². The van der Waals surface area contributed by atoms with Gasteiger partial charge in [-0.2, -0.15) is 0 Å². The number of rotatable bonds is 4. The Morgan fingerprint density at radius 3 is 2.00 bits per heavy atom. The molecule has 0 aromatic heterocycles. The van der Waals surface area contributed by atoms with E-state index in [1.54, 1.807) is 42.5 Å². The lowest BCUT2D eigenvalue weighted by atomic mass is 9.62. The number of anilines is 1. The molecule has 0 fully saturated rings. The minimum Gasteiger partial charge on any atom is -0.508 e. The molecule has 3 aromatic rings. The molecule has 0 unspecified atom stereocenters.